The minimum absolute atomic E-state index is 0.388. The van der Waals surface area contributed by atoms with Gasteiger partial charge >= 0.3 is 0 Å². The third-order valence-electron chi connectivity index (χ3n) is 2.70. The first-order valence-electron chi connectivity index (χ1n) is 5.40. The Morgan fingerprint density at radius 3 is 2.77 bits per heavy atom. The van der Waals surface area contributed by atoms with Crippen LogP contribution >= 0.6 is 0 Å². The number of hydrogen-bond donors (Lipinski definition) is 3. The highest BCUT2D eigenvalue weighted by atomic mass is 15.0. The summed E-state index contributed by atoms with van der Waals surface area (Å²) in [7, 11) is 0. The van der Waals surface area contributed by atoms with Crippen LogP contribution < -0.4 is 16.4 Å². The fourth-order valence-electron chi connectivity index (χ4n) is 1.82. The standard InChI is InChI=1S/C10H23N3/c1-8(2)13-5-3-4-9-6-12-7-10(9)11/h8-10,12-13H,3-7,11H2,1-2H3/t9?,10-/m1/s1. The van der Waals surface area contributed by atoms with Gasteiger partial charge in [0.1, 0.15) is 0 Å². The Labute approximate surface area is 81.5 Å². The normalized spacial score (nSPS) is 28.6. The summed E-state index contributed by atoms with van der Waals surface area (Å²) in [4.78, 5) is 0. The molecule has 3 nitrogen and oxygen atoms in total. The van der Waals surface area contributed by atoms with Gasteiger partial charge < -0.3 is 16.4 Å². The van der Waals surface area contributed by atoms with Crippen LogP contribution in [-0.4, -0.2) is 31.7 Å². The molecular weight excluding hydrogens is 162 g/mol. The molecule has 1 rings (SSSR count). The van der Waals surface area contributed by atoms with E-state index >= 15 is 0 Å². The second-order valence-electron chi connectivity index (χ2n) is 4.33. The second-order valence-corrected chi connectivity index (χ2v) is 4.33. The SMILES string of the molecule is CC(C)NCCCC1CNC[C@H]1N. The van der Waals surface area contributed by atoms with Crippen molar-refractivity contribution in [2.24, 2.45) is 11.7 Å². The molecule has 0 aromatic heterocycles. The molecule has 0 aliphatic carbocycles. The molecule has 0 radical (unpaired) electrons. The van der Waals surface area contributed by atoms with E-state index in [0.29, 0.717) is 18.0 Å². The molecule has 0 amide bonds. The van der Waals surface area contributed by atoms with E-state index in [1.54, 1.807) is 0 Å². The molecule has 0 aromatic carbocycles. The fraction of sp³-hybridized carbons (Fsp3) is 1.00. The number of hydrogen-bond acceptors (Lipinski definition) is 3. The Kier molecular flexibility index (Phi) is 4.70. The van der Waals surface area contributed by atoms with Crippen LogP contribution in [0.3, 0.4) is 0 Å². The Bertz CT molecular complexity index is 136. The lowest BCUT2D eigenvalue weighted by Crippen LogP contribution is -2.30. The maximum atomic E-state index is 5.94. The van der Waals surface area contributed by atoms with Crippen molar-refractivity contribution >= 4 is 0 Å². The molecule has 1 saturated heterocycles. The van der Waals surface area contributed by atoms with Crippen molar-refractivity contribution in [3.05, 3.63) is 0 Å². The van der Waals surface area contributed by atoms with Gasteiger partial charge in [-0.1, -0.05) is 13.8 Å². The molecule has 0 bridgehead atoms. The Hall–Kier alpha value is -0.120. The van der Waals surface area contributed by atoms with Gasteiger partial charge in [-0.25, -0.2) is 0 Å². The quantitative estimate of drug-likeness (QED) is 0.540. The van der Waals surface area contributed by atoms with Gasteiger partial charge in [0.25, 0.3) is 0 Å². The molecule has 1 aliphatic heterocycles. The summed E-state index contributed by atoms with van der Waals surface area (Å²) in [5, 5.41) is 6.75. The maximum absolute atomic E-state index is 5.94. The van der Waals surface area contributed by atoms with Gasteiger partial charge in [0, 0.05) is 18.6 Å². The van der Waals surface area contributed by atoms with Gasteiger partial charge in [0.05, 0.1) is 0 Å². The molecule has 13 heavy (non-hydrogen) atoms. The average molecular weight is 185 g/mol. The van der Waals surface area contributed by atoms with Crippen LogP contribution in [0.5, 0.6) is 0 Å². The largest absolute Gasteiger partial charge is 0.326 e. The number of rotatable bonds is 5. The Morgan fingerprint density at radius 2 is 2.23 bits per heavy atom. The Balaban J connectivity index is 1.99. The van der Waals surface area contributed by atoms with Crippen molar-refractivity contribution in [3.8, 4) is 0 Å². The summed E-state index contributed by atoms with van der Waals surface area (Å²) < 4.78 is 0. The van der Waals surface area contributed by atoms with Crippen LogP contribution in [0.1, 0.15) is 26.7 Å². The van der Waals surface area contributed by atoms with Crippen molar-refractivity contribution in [1.82, 2.24) is 10.6 Å². The van der Waals surface area contributed by atoms with E-state index in [1.807, 2.05) is 0 Å². The topological polar surface area (TPSA) is 50.1 Å². The minimum atomic E-state index is 0.388. The lowest BCUT2D eigenvalue weighted by atomic mass is 9.99. The predicted octanol–water partition coefficient (Wildman–Crippen LogP) is 0.311. The predicted molar refractivity (Wildman–Crippen MR) is 56.7 cm³/mol. The first kappa shape index (κ1) is 11.0. The van der Waals surface area contributed by atoms with Gasteiger partial charge in [-0.05, 0) is 31.8 Å². The summed E-state index contributed by atoms with van der Waals surface area (Å²) in [6.07, 6.45) is 2.51. The molecule has 0 saturated carbocycles. The monoisotopic (exact) mass is 185 g/mol. The van der Waals surface area contributed by atoms with Gasteiger partial charge in [-0.15, -0.1) is 0 Å². The molecule has 1 unspecified atom stereocenters. The van der Waals surface area contributed by atoms with E-state index in [-0.39, 0.29) is 0 Å². The average Bonchev–Trinajstić information content (AvgIpc) is 2.45. The summed E-state index contributed by atoms with van der Waals surface area (Å²) in [6, 6.07) is 0.995. The first-order chi connectivity index (χ1) is 6.20. The van der Waals surface area contributed by atoms with Crippen LogP contribution in [0, 0.1) is 5.92 Å². The highest BCUT2D eigenvalue weighted by molar-refractivity contribution is 4.83. The van der Waals surface area contributed by atoms with Crippen LogP contribution in [-0.2, 0) is 0 Å². The van der Waals surface area contributed by atoms with Crippen molar-refractivity contribution in [1.29, 1.82) is 0 Å². The minimum Gasteiger partial charge on any atom is -0.326 e. The van der Waals surface area contributed by atoms with Crippen LogP contribution in [0.4, 0.5) is 0 Å². The van der Waals surface area contributed by atoms with Crippen molar-refractivity contribution in [3.63, 3.8) is 0 Å². The maximum Gasteiger partial charge on any atom is 0.0206 e. The lowest BCUT2D eigenvalue weighted by molar-refractivity contribution is 0.443. The second kappa shape index (κ2) is 5.58. The molecule has 1 aliphatic rings. The van der Waals surface area contributed by atoms with E-state index in [4.69, 9.17) is 5.73 Å². The van der Waals surface area contributed by atoms with Gasteiger partial charge in [-0.2, -0.15) is 0 Å². The third-order valence-corrected chi connectivity index (χ3v) is 2.70. The molecule has 3 heteroatoms. The number of nitrogens with two attached hydrogens (primary N) is 1. The van der Waals surface area contributed by atoms with Gasteiger partial charge in [-0.3, -0.25) is 0 Å². The van der Waals surface area contributed by atoms with E-state index in [0.717, 1.165) is 19.6 Å². The molecule has 2 atom stereocenters. The zero-order valence-electron chi connectivity index (χ0n) is 8.84. The van der Waals surface area contributed by atoms with E-state index in [1.165, 1.54) is 12.8 Å². The van der Waals surface area contributed by atoms with E-state index < -0.39 is 0 Å². The number of nitrogens with one attached hydrogen (secondary N) is 2. The Morgan fingerprint density at radius 1 is 1.46 bits per heavy atom. The molecule has 78 valence electrons. The summed E-state index contributed by atoms with van der Waals surface area (Å²) in [5.41, 5.74) is 5.94. The summed E-state index contributed by atoms with van der Waals surface area (Å²) in [6.45, 7) is 7.61. The first-order valence-corrected chi connectivity index (χ1v) is 5.40. The van der Waals surface area contributed by atoms with Crippen molar-refractivity contribution in [2.75, 3.05) is 19.6 Å². The molecule has 0 spiro atoms. The smallest absolute Gasteiger partial charge is 0.0206 e. The lowest BCUT2D eigenvalue weighted by Gasteiger charge is -2.14. The molecule has 1 heterocycles. The molecular formula is C10H23N3. The van der Waals surface area contributed by atoms with E-state index in [9.17, 15) is 0 Å². The van der Waals surface area contributed by atoms with Gasteiger partial charge in [0.15, 0.2) is 0 Å². The zero-order valence-corrected chi connectivity index (χ0v) is 8.84. The molecule has 4 N–H and O–H groups in total. The third kappa shape index (κ3) is 4.07. The molecule has 1 fully saturated rings. The highest BCUT2D eigenvalue weighted by Gasteiger charge is 2.22. The van der Waals surface area contributed by atoms with Crippen LogP contribution in [0.25, 0.3) is 0 Å². The van der Waals surface area contributed by atoms with Crippen molar-refractivity contribution < 1.29 is 0 Å². The van der Waals surface area contributed by atoms with E-state index in [2.05, 4.69) is 24.5 Å². The summed E-state index contributed by atoms with van der Waals surface area (Å²) in [5.74, 6) is 0.703. The van der Waals surface area contributed by atoms with Crippen LogP contribution in [0.15, 0.2) is 0 Å². The molecule has 0 aromatic rings. The van der Waals surface area contributed by atoms with Gasteiger partial charge in [0.2, 0.25) is 0 Å². The van der Waals surface area contributed by atoms with Crippen LogP contribution in [0.2, 0.25) is 0 Å². The fourth-order valence-corrected chi connectivity index (χ4v) is 1.82. The zero-order chi connectivity index (χ0) is 9.68. The highest BCUT2D eigenvalue weighted by Crippen LogP contribution is 2.12. The summed E-state index contributed by atoms with van der Waals surface area (Å²) >= 11 is 0. The van der Waals surface area contributed by atoms with Crippen molar-refractivity contribution in [2.45, 2.75) is 38.8 Å².